The van der Waals surface area contributed by atoms with Gasteiger partial charge in [-0.3, -0.25) is 0 Å². The Kier molecular flexibility index (Phi) is 9.20. The largest absolute Gasteiger partial charge is 0.382 e. The average molecular weight is 250 g/mol. The van der Waals surface area contributed by atoms with E-state index < -0.39 is 18.3 Å². The van der Waals surface area contributed by atoms with Crippen molar-refractivity contribution in [3.05, 3.63) is 0 Å². The molecule has 0 N–H and O–H groups in total. The molecule has 0 heterocycles. The summed E-state index contributed by atoms with van der Waals surface area (Å²) in [6.07, 6.45) is -1.38. The number of rotatable bonds is 10. The zero-order valence-corrected chi connectivity index (χ0v) is 11.0. The third kappa shape index (κ3) is 4.69. The molecule has 4 atom stereocenters. The van der Waals surface area contributed by atoms with Crippen molar-refractivity contribution in [1.29, 1.82) is 0 Å². The molecule has 6 nitrogen and oxygen atoms in total. The van der Waals surface area contributed by atoms with Gasteiger partial charge in [-0.1, -0.05) is 0 Å². The predicted octanol–water partition coefficient (Wildman–Crippen LogP) is -0.108. The van der Waals surface area contributed by atoms with Gasteiger partial charge in [0.25, 0.3) is 0 Å². The molecule has 0 saturated carbocycles. The minimum absolute atomic E-state index is 0.337. The standard InChI is InChI=1S/C11H22O6/c1-13-7-9(15-3)11(17-5)10(16-4)8(6-12)14-2/h6,8-11H,7H2,1-5H3/t8-,9+,10+,11+/m0/s1. The first kappa shape index (κ1) is 16.5. The van der Waals surface area contributed by atoms with E-state index in [0.717, 1.165) is 0 Å². The lowest BCUT2D eigenvalue weighted by Gasteiger charge is -2.32. The van der Waals surface area contributed by atoms with Crippen LogP contribution in [0.1, 0.15) is 0 Å². The molecule has 0 amide bonds. The Bertz CT molecular complexity index is 198. The van der Waals surface area contributed by atoms with Crippen molar-refractivity contribution in [2.75, 3.05) is 42.2 Å². The van der Waals surface area contributed by atoms with Crippen LogP contribution in [0, 0.1) is 0 Å². The van der Waals surface area contributed by atoms with E-state index in [0.29, 0.717) is 12.9 Å². The number of ether oxygens (including phenoxy) is 5. The van der Waals surface area contributed by atoms with E-state index in [9.17, 15) is 4.79 Å². The molecule has 0 bridgehead atoms. The molecule has 0 aliphatic heterocycles. The number of carbonyl (C=O) groups is 1. The van der Waals surface area contributed by atoms with Crippen molar-refractivity contribution >= 4 is 6.29 Å². The van der Waals surface area contributed by atoms with Gasteiger partial charge in [0.2, 0.25) is 0 Å². The molecule has 0 aromatic rings. The van der Waals surface area contributed by atoms with Crippen LogP contribution in [-0.2, 0) is 28.5 Å². The Hall–Kier alpha value is -0.530. The smallest absolute Gasteiger partial charge is 0.151 e. The van der Waals surface area contributed by atoms with E-state index in [1.165, 1.54) is 21.3 Å². The van der Waals surface area contributed by atoms with Gasteiger partial charge in [-0.2, -0.15) is 0 Å². The van der Waals surface area contributed by atoms with E-state index in [2.05, 4.69) is 0 Å². The number of carbonyl (C=O) groups excluding carboxylic acids is 1. The van der Waals surface area contributed by atoms with Gasteiger partial charge in [0, 0.05) is 35.5 Å². The lowest BCUT2D eigenvalue weighted by atomic mass is 10.0. The number of hydrogen-bond acceptors (Lipinski definition) is 6. The number of hydrogen-bond donors (Lipinski definition) is 0. The maximum Gasteiger partial charge on any atom is 0.151 e. The topological polar surface area (TPSA) is 63.2 Å². The molecule has 0 rings (SSSR count). The molecule has 0 spiro atoms. The third-order valence-electron chi connectivity index (χ3n) is 2.60. The molecule has 0 fully saturated rings. The van der Waals surface area contributed by atoms with Crippen LogP contribution in [0.2, 0.25) is 0 Å². The van der Waals surface area contributed by atoms with Crippen molar-refractivity contribution in [1.82, 2.24) is 0 Å². The molecular formula is C11H22O6. The predicted molar refractivity (Wildman–Crippen MR) is 61.1 cm³/mol. The van der Waals surface area contributed by atoms with Gasteiger partial charge in [0.05, 0.1) is 6.61 Å². The first-order chi connectivity index (χ1) is 8.19. The summed E-state index contributed by atoms with van der Waals surface area (Å²) in [6.45, 7) is 0.337. The van der Waals surface area contributed by atoms with Crippen LogP contribution in [0.5, 0.6) is 0 Å². The molecule has 0 aliphatic rings. The second-order valence-corrected chi connectivity index (χ2v) is 3.47. The molecule has 17 heavy (non-hydrogen) atoms. The summed E-state index contributed by atoms with van der Waals surface area (Å²) in [4.78, 5) is 10.9. The summed E-state index contributed by atoms with van der Waals surface area (Å²) >= 11 is 0. The van der Waals surface area contributed by atoms with Crippen LogP contribution in [0.25, 0.3) is 0 Å². The van der Waals surface area contributed by atoms with Crippen LogP contribution < -0.4 is 0 Å². The third-order valence-corrected chi connectivity index (χ3v) is 2.60. The highest BCUT2D eigenvalue weighted by Gasteiger charge is 2.35. The van der Waals surface area contributed by atoms with Crippen LogP contribution in [0.3, 0.4) is 0 Å². The maximum atomic E-state index is 10.9. The summed E-state index contributed by atoms with van der Waals surface area (Å²) in [5.41, 5.74) is 0. The highest BCUT2D eigenvalue weighted by atomic mass is 16.6. The Morgan fingerprint density at radius 3 is 1.76 bits per heavy atom. The van der Waals surface area contributed by atoms with E-state index >= 15 is 0 Å². The highest BCUT2D eigenvalue weighted by molar-refractivity contribution is 5.57. The fraction of sp³-hybridized carbons (Fsp3) is 0.909. The maximum absolute atomic E-state index is 10.9. The molecule has 0 radical (unpaired) electrons. The minimum Gasteiger partial charge on any atom is -0.382 e. The van der Waals surface area contributed by atoms with Crippen LogP contribution >= 0.6 is 0 Å². The summed E-state index contributed by atoms with van der Waals surface area (Å²) < 4.78 is 25.9. The van der Waals surface area contributed by atoms with E-state index in [-0.39, 0.29) is 6.10 Å². The van der Waals surface area contributed by atoms with Gasteiger partial charge in [-0.05, 0) is 0 Å². The molecule has 0 unspecified atom stereocenters. The average Bonchev–Trinajstić information content (AvgIpc) is 2.37. The minimum atomic E-state index is -0.709. The molecule has 102 valence electrons. The van der Waals surface area contributed by atoms with Crippen LogP contribution in [0.15, 0.2) is 0 Å². The van der Waals surface area contributed by atoms with Crippen molar-refractivity contribution in [3.8, 4) is 0 Å². The monoisotopic (exact) mass is 250 g/mol. The SMILES string of the molecule is COC[C@@H](OC)[C@@H](OC)[C@H](OC)[C@H](C=O)OC. The fourth-order valence-corrected chi connectivity index (χ4v) is 1.68. The first-order valence-corrected chi connectivity index (χ1v) is 5.25. The van der Waals surface area contributed by atoms with Gasteiger partial charge in [-0.15, -0.1) is 0 Å². The second kappa shape index (κ2) is 9.49. The fourth-order valence-electron chi connectivity index (χ4n) is 1.68. The Morgan fingerprint density at radius 1 is 0.882 bits per heavy atom. The van der Waals surface area contributed by atoms with E-state index in [1.807, 2.05) is 0 Å². The van der Waals surface area contributed by atoms with Gasteiger partial charge in [-0.25, -0.2) is 0 Å². The summed E-state index contributed by atoms with van der Waals surface area (Å²) in [7, 11) is 7.57. The van der Waals surface area contributed by atoms with Gasteiger partial charge in [0.1, 0.15) is 24.4 Å². The first-order valence-electron chi connectivity index (χ1n) is 5.25. The Morgan fingerprint density at radius 2 is 1.47 bits per heavy atom. The molecule has 0 aromatic heterocycles. The van der Waals surface area contributed by atoms with Crippen molar-refractivity contribution in [3.63, 3.8) is 0 Å². The molecular weight excluding hydrogens is 228 g/mol. The second-order valence-electron chi connectivity index (χ2n) is 3.47. The lowest BCUT2D eigenvalue weighted by Crippen LogP contribution is -2.50. The lowest BCUT2D eigenvalue weighted by molar-refractivity contribution is -0.161. The summed E-state index contributed by atoms with van der Waals surface area (Å²) in [6, 6.07) is 0. The van der Waals surface area contributed by atoms with E-state index in [1.54, 1.807) is 14.2 Å². The number of aldehydes is 1. The van der Waals surface area contributed by atoms with Gasteiger partial charge >= 0.3 is 0 Å². The van der Waals surface area contributed by atoms with Crippen molar-refractivity contribution in [2.24, 2.45) is 0 Å². The highest BCUT2D eigenvalue weighted by Crippen LogP contribution is 2.15. The molecule has 0 aliphatic carbocycles. The van der Waals surface area contributed by atoms with Crippen molar-refractivity contribution in [2.45, 2.75) is 24.4 Å². The van der Waals surface area contributed by atoms with Crippen molar-refractivity contribution < 1.29 is 28.5 Å². The van der Waals surface area contributed by atoms with E-state index in [4.69, 9.17) is 23.7 Å². The zero-order chi connectivity index (χ0) is 13.3. The summed E-state index contributed by atoms with van der Waals surface area (Å²) in [5.74, 6) is 0. The number of methoxy groups -OCH3 is 5. The van der Waals surface area contributed by atoms with Gasteiger partial charge in [0.15, 0.2) is 6.29 Å². The van der Waals surface area contributed by atoms with Crippen LogP contribution in [0.4, 0.5) is 0 Å². The quantitative estimate of drug-likeness (QED) is 0.504. The molecule has 6 heteroatoms. The zero-order valence-electron chi connectivity index (χ0n) is 11.0. The molecule has 0 saturated heterocycles. The Balaban J connectivity index is 4.81. The van der Waals surface area contributed by atoms with Gasteiger partial charge < -0.3 is 28.5 Å². The normalized spacial score (nSPS) is 18.4. The molecule has 0 aromatic carbocycles. The van der Waals surface area contributed by atoms with Crippen LogP contribution in [-0.4, -0.2) is 72.9 Å². The Labute approximate surface area is 102 Å². The summed E-state index contributed by atoms with van der Waals surface area (Å²) in [5, 5.41) is 0.